The van der Waals surface area contributed by atoms with Crippen LogP contribution in [0.2, 0.25) is 0 Å². The van der Waals surface area contributed by atoms with Crippen molar-refractivity contribution < 1.29 is 19.1 Å². The lowest BCUT2D eigenvalue weighted by molar-refractivity contribution is -0.117. The number of hydrogen-bond donors (Lipinski definition) is 1. The number of methoxy groups -OCH3 is 2. The molecule has 0 spiro atoms. The van der Waals surface area contributed by atoms with Crippen LogP contribution in [0.3, 0.4) is 0 Å². The van der Waals surface area contributed by atoms with Gasteiger partial charge in [-0.3, -0.25) is 19.5 Å². The largest absolute Gasteiger partial charge is 0.497 e. The smallest absolute Gasteiger partial charge is 0.254 e. The van der Waals surface area contributed by atoms with Crippen molar-refractivity contribution in [3.63, 3.8) is 0 Å². The quantitative estimate of drug-likeness (QED) is 0.312. The summed E-state index contributed by atoms with van der Waals surface area (Å²) in [6.07, 6.45) is 1.88. The van der Waals surface area contributed by atoms with E-state index in [1.807, 2.05) is 79.2 Å². The molecular weight excluding hydrogens is 480 g/mol. The Morgan fingerprint density at radius 1 is 0.921 bits per heavy atom. The molecule has 3 aromatic carbocycles. The molecule has 0 radical (unpaired) electrons. The monoisotopic (exact) mass is 512 g/mol. The minimum absolute atomic E-state index is 0.117. The van der Waals surface area contributed by atoms with Crippen molar-refractivity contribution in [2.75, 3.05) is 32.6 Å². The third kappa shape index (κ3) is 6.39. The van der Waals surface area contributed by atoms with Crippen molar-refractivity contribution in [3.8, 4) is 28.4 Å². The van der Waals surface area contributed by atoms with E-state index in [2.05, 4.69) is 5.32 Å². The molecule has 1 heterocycles. The number of carbonyl (C=O) groups excluding carboxylic acids is 2. The summed E-state index contributed by atoms with van der Waals surface area (Å²) in [6.45, 7) is 4.32. The van der Waals surface area contributed by atoms with E-state index < -0.39 is 0 Å². The van der Waals surface area contributed by atoms with Gasteiger partial charge in [0.25, 0.3) is 5.91 Å². The lowest BCUT2D eigenvalue weighted by Crippen LogP contribution is -2.40. The van der Waals surface area contributed by atoms with E-state index in [-0.39, 0.29) is 24.3 Å². The molecule has 1 aromatic heterocycles. The third-order valence-corrected chi connectivity index (χ3v) is 5.90. The summed E-state index contributed by atoms with van der Waals surface area (Å²) in [6, 6.07) is 24.1. The first-order valence-electron chi connectivity index (χ1n) is 12.4. The van der Waals surface area contributed by atoms with Gasteiger partial charge in [0.1, 0.15) is 18.0 Å². The molecule has 0 fully saturated rings. The molecule has 8 heteroatoms. The number of hydrogen-bond acceptors (Lipinski definition) is 5. The van der Waals surface area contributed by atoms with E-state index >= 15 is 0 Å². The summed E-state index contributed by atoms with van der Waals surface area (Å²) in [5.74, 6) is 1.29. The van der Waals surface area contributed by atoms with E-state index in [1.165, 1.54) is 0 Å². The number of anilines is 1. The Kier molecular flexibility index (Phi) is 8.43. The standard InChI is InChI=1S/C30H32N4O4/c1-21(2)18-33(29(36)23-9-8-12-26(17-23)38-4)20-28(35)32-30-31-27(22-13-15-25(37-3)16-14-22)19-34(30)24-10-6-5-7-11-24/h5-17,19,21H,18,20H2,1-4H3,(H,31,32,35). The zero-order valence-corrected chi connectivity index (χ0v) is 22.0. The van der Waals surface area contributed by atoms with Crippen LogP contribution in [0.15, 0.2) is 85.1 Å². The number of nitrogens with zero attached hydrogens (tertiary/aromatic N) is 3. The van der Waals surface area contributed by atoms with Crippen LogP contribution in [0.4, 0.5) is 5.95 Å². The fourth-order valence-electron chi connectivity index (χ4n) is 4.09. The van der Waals surface area contributed by atoms with Gasteiger partial charge in [-0.1, -0.05) is 38.1 Å². The minimum atomic E-state index is -0.342. The van der Waals surface area contributed by atoms with Gasteiger partial charge in [-0.15, -0.1) is 0 Å². The highest BCUT2D eigenvalue weighted by Crippen LogP contribution is 2.26. The molecule has 0 saturated heterocycles. The number of aromatic nitrogens is 2. The molecule has 0 aliphatic carbocycles. The summed E-state index contributed by atoms with van der Waals surface area (Å²) in [5, 5.41) is 2.92. The van der Waals surface area contributed by atoms with Gasteiger partial charge < -0.3 is 14.4 Å². The van der Waals surface area contributed by atoms with E-state index in [9.17, 15) is 9.59 Å². The predicted octanol–water partition coefficient (Wildman–Crippen LogP) is 5.29. The van der Waals surface area contributed by atoms with Crippen LogP contribution in [0, 0.1) is 5.92 Å². The molecule has 0 unspecified atom stereocenters. The summed E-state index contributed by atoms with van der Waals surface area (Å²) >= 11 is 0. The van der Waals surface area contributed by atoms with Gasteiger partial charge in [0.05, 0.1) is 19.9 Å². The number of nitrogens with one attached hydrogen (secondary N) is 1. The highest BCUT2D eigenvalue weighted by atomic mass is 16.5. The van der Waals surface area contributed by atoms with Crippen LogP contribution in [-0.4, -0.2) is 53.6 Å². The molecule has 0 saturated carbocycles. The summed E-state index contributed by atoms with van der Waals surface area (Å²) in [4.78, 5) is 32.9. The minimum Gasteiger partial charge on any atom is -0.497 e. The Morgan fingerprint density at radius 2 is 1.63 bits per heavy atom. The van der Waals surface area contributed by atoms with Crippen LogP contribution in [-0.2, 0) is 4.79 Å². The molecule has 2 amide bonds. The number of ether oxygens (including phenoxy) is 2. The van der Waals surface area contributed by atoms with Gasteiger partial charge in [-0.05, 0) is 60.5 Å². The Labute approximate surface area is 222 Å². The molecule has 0 atom stereocenters. The van der Waals surface area contributed by atoms with Crippen molar-refractivity contribution in [1.29, 1.82) is 0 Å². The number of benzene rings is 3. The fourth-order valence-corrected chi connectivity index (χ4v) is 4.09. The van der Waals surface area contributed by atoms with Crippen molar-refractivity contribution in [2.45, 2.75) is 13.8 Å². The lowest BCUT2D eigenvalue weighted by Gasteiger charge is -2.24. The Balaban J connectivity index is 1.60. The summed E-state index contributed by atoms with van der Waals surface area (Å²) in [5.41, 5.74) is 2.89. The topological polar surface area (TPSA) is 85.7 Å². The molecule has 8 nitrogen and oxygen atoms in total. The second-order valence-corrected chi connectivity index (χ2v) is 9.24. The second kappa shape index (κ2) is 12.1. The molecule has 38 heavy (non-hydrogen) atoms. The maximum Gasteiger partial charge on any atom is 0.254 e. The second-order valence-electron chi connectivity index (χ2n) is 9.24. The highest BCUT2D eigenvalue weighted by Gasteiger charge is 2.22. The maximum absolute atomic E-state index is 13.3. The van der Waals surface area contributed by atoms with E-state index in [1.54, 1.807) is 43.4 Å². The number of para-hydroxylation sites is 1. The van der Waals surface area contributed by atoms with Crippen molar-refractivity contribution in [1.82, 2.24) is 14.5 Å². The lowest BCUT2D eigenvalue weighted by atomic mass is 10.1. The van der Waals surface area contributed by atoms with E-state index in [0.717, 1.165) is 17.0 Å². The Bertz CT molecular complexity index is 1380. The zero-order chi connectivity index (χ0) is 27.1. The summed E-state index contributed by atoms with van der Waals surface area (Å²) in [7, 11) is 3.17. The fraction of sp³-hybridized carbons (Fsp3) is 0.233. The number of rotatable bonds is 10. The van der Waals surface area contributed by atoms with Gasteiger partial charge >= 0.3 is 0 Å². The molecule has 0 bridgehead atoms. The van der Waals surface area contributed by atoms with Crippen LogP contribution in [0.1, 0.15) is 24.2 Å². The summed E-state index contributed by atoms with van der Waals surface area (Å²) < 4.78 is 12.4. The Morgan fingerprint density at radius 3 is 2.29 bits per heavy atom. The first-order valence-corrected chi connectivity index (χ1v) is 12.4. The van der Waals surface area contributed by atoms with E-state index in [4.69, 9.17) is 14.5 Å². The van der Waals surface area contributed by atoms with Crippen molar-refractivity contribution >= 4 is 17.8 Å². The van der Waals surface area contributed by atoms with Gasteiger partial charge in [0.15, 0.2) is 0 Å². The van der Waals surface area contributed by atoms with Crippen LogP contribution in [0.5, 0.6) is 11.5 Å². The van der Waals surface area contributed by atoms with Crippen LogP contribution in [0.25, 0.3) is 16.9 Å². The first-order chi connectivity index (χ1) is 18.4. The van der Waals surface area contributed by atoms with Crippen LogP contribution < -0.4 is 14.8 Å². The molecule has 1 N–H and O–H groups in total. The average molecular weight is 513 g/mol. The van der Waals surface area contributed by atoms with Gasteiger partial charge in [-0.2, -0.15) is 0 Å². The SMILES string of the molecule is COc1ccc(-c2cn(-c3ccccc3)c(NC(=O)CN(CC(C)C)C(=O)c3cccc(OC)c3)n2)cc1. The van der Waals surface area contributed by atoms with Crippen molar-refractivity contribution in [2.24, 2.45) is 5.92 Å². The third-order valence-electron chi connectivity index (χ3n) is 5.90. The molecule has 4 rings (SSSR count). The molecule has 196 valence electrons. The van der Waals surface area contributed by atoms with Gasteiger partial charge in [-0.25, -0.2) is 4.98 Å². The normalized spacial score (nSPS) is 10.8. The highest BCUT2D eigenvalue weighted by molar-refractivity contribution is 5.99. The number of imidazole rings is 1. The predicted molar refractivity (Wildman–Crippen MR) is 148 cm³/mol. The number of amides is 2. The molecular formula is C30H32N4O4. The zero-order valence-electron chi connectivity index (χ0n) is 22.0. The molecule has 0 aliphatic heterocycles. The maximum atomic E-state index is 13.3. The number of carbonyl (C=O) groups is 2. The van der Waals surface area contributed by atoms with Crippen LogP contribution >= 0.6 is 0 Å². The first kappa shape index (κ1) is 26.5. The van der Waals surface area contributed by atoms with Crippen molar-refractivity contribution in [3.05, 3.63) is 90.6 Å². The van der Waals surface area contributed by atoms with Gasteiger partial charge in [0, 0.05) is 29.6 Å². The Hall–Kier alpha value is -4.59. The van der Waals surface area contributed by atoms with Gasteiger partial charge in [0.2, 0.25) is 11.9 Å². The molecule has 4 aromatic rings. The molecule has 0 aliphatic rings. The van der Waals surface area contributed by atoms with E-state index in [0.29, 0.717) is 29.5 Å². The average Bonchev–Trinajstić information content (AvgIpc) is 3.36.